The van der Waals surface area contributed by atoms with Crippen molar-refractivity contribution in [1.82, 2.24) is 5.32 Å². The van der Waals surface area contributed by atoms with Gasteiger partial charge in [0.15, 0.2) is 0 Å². The topological polar surface area (TPSA) is 75.7 Å². The molecular weight excluding hydrogens is 484 g/mol. The van der Waals surface area contributed by atoms with E-state index in [2.05, 4.69) is 19.2 Å². The number of hydrogen-bond donors (Lipinski definition) is 1. The van der Waals surface area contributed by atoms with Crippen molar-refractivity contribution in [3.8, 4) is 5.75 Å². The first-order chi connectivity index (χ1) is 16.8. The van der Waals surface area contributed by atoms with Gasteiger partial charge in [0.05, 0.1) is 16.6 Å². The number of anilines is 1. The maximum atomic E-state index is 13.5. The molecule has 3 aromatic rings. The smallest absolute Gasteiger partial charge is 0.264 e. The molecule has 0 saturated carbocycles. The van der Waals surface area contributed by atoms with E-state index in [4.69, 9.17) is 16.3 Å². The molecule has 35 heavy (non-hydrogen) atoms. The lowest BCUT2D eigenvalue weighted by Gasteiger charge is -2.41. The van der Waals surface area contributed by atoms with E-state index in [1.807, 2.05) is 24.3 Å². The first-order valence-electron chi connectivity index (χ1n) is 11.7. The maximum Gasteiger partial charge on any atom is 0.264 e. The number of ether oxygens (including phenoxy) is 1. The van der Waals surface area contributed by atoms with Gasteiger partial charge in [-0.1, -0.05) is 61.8 Å². The van der Waals surface area contributed by atoms with Crippen LogP contribution >= 0.6 is 11.6 Å². The van der Waals surface area contributed by atoms with Gasteiger partial charge in [0.1, 0.15) is 17.9 Å². The van der Waals surface area contributed by atoms with Crippen molar-refractivity contribution in [2.45, 2.75) is 49.6 Å². The largest absolute Gasteiger partial charge is 0.487 e. The van der Waals surface area contributed by atoms with Crippen LogP contribution in [0.1, 0.15) is 44.7 Å². The van der Waals surface area contributed by atoms with Crippen molar-refractivity contribution in [3.05, 3.63) is 89.4 Å². The molecule has 0 aliphatic carbocycles. The van der Waals surface area contributed by atoms with Crippen molar-refractivity contribution >= 4 is 33.2 Å². The van der Waals surface area contributed by atoms with E-state index in [0.717, 1.165) is 28.5 Å². The quantitative estimate of drug-likeness (QED) is 0.418. The highest BCUT2D eigenvalue weighted by atomic mass is 35.5. The van der Waals surface area contributed by atoms with Crippen molar-refractivity contribution < 1.29 is 17.9 Å². The van der Waals surface area contributed by atoms with Crippen LogP contribution in [-0.2, 0) is 14.8 Å². The normalized spacial score (nSPS) is 16.6. The number of rotatable bonds is 8. The fourth-order valence-electron chi connectivity index (χ4n) is 4.44. The molecule has 0 bridgehead atoms. The Bertz CT molecular complexity index is 1280. The zero-order valence-electron chi connectivity index (χ0n) is 19.8. The number of fused-ring (bicyclic) bond motifs is 1. The number of amides is 1. The molecule has 1 heterocycles. The van der Waals surface area contributed by atoms with E-state index in [9.17, 15) is 13.2 Å². The third kappa shape index (κ3) is 5.31. The van der Waals surface area contributed by atoms with Gasteiger partial charge in [-0.15, -0.1) is 0 Å². The number of hydrogen-bond acceptors (Lipinski definition) is 4. The second-order valence-electron chi connectivity index (χ2n) is 8.66. The number of nitrogens with zero attached hydrogens (tertiary/aromatic N) is 1. The van der Waals surface area contributed by atoms with Crippen LogP contribution in [0, 0.1) is 0 Å². The van der Waals surface area contributed by atoms with E-state index in [1.54, 1.807) is 42.5 Å². The Balaban J connectivity index is 1.64. The predicted octanol–water partition coefficient (Wildman–Crippen LogP) is 5.73. The number of nitrogens with one attached hydrogen (secondary N) is 1. The van der Waals surface area contributed by atoms with Gasteiger partial charge in [0.25, 0.3) is 10.0 Å². The molecule has 4 rings (SSSR count). The molecule has 6 nitrogen and oxygen atoms in total. The highest BCUT2D eigenvalue weighted by Gasteiger charge is 2.39. The third-order valence-corrected chi connectivity index (χ3v) is 8.59. The van der Waals surface area contributed by atoms with Crippen molar-refractivity contribution in [2.24, 2.45) is 0 Å². The van der Waals surface area contributed by atoms with Crippen LogP contribution in [0.25, 0.3) is 0 Å². The number of sulfonamides is 1. The Labute approximate surface area is 211 Å². The second kappa shape index (κ2) is 10.3. The van der Waals surface area contributed by atoms with E-state index in [1.165, 1.54) is 12.1 Å². The summed E-state index contributed by atoms with van der Waals surface area (Å²) in [5.41, 5.74) is 0.859. The van der Waals surface area contributed by atoms with E-state index >= 15 is 0 Å². The highest BCUT2D eigenvalue weighted by Crippen LogP contribution is 2.42. The molecule has 1 atom stereocenters. The van der Waals surface area contributed by atoms with E-state index in [0.29, 0.717) is 17.1 Å². The average molecular weight is 513 g/mol. The summed E-state index contributed by atoms with van der Waals surface area (Å²) in [7, 11) is -3.99. The van der Waals surface area contributed by atoms with Crippen LogP contribution in [-0.4, -0.2) is 26.5 Å². The van der Waals surface area contributed by atoms with Crippen molar-refractivity contribution in [1.29, 1.82) is 0 Å². The van der Waals surface area contributed by atoms with Gasteiger partial charge in [0.2, 0.25) is 5.91 Å². The number of benzene rings is 3. The molecule has 0 spiro atoms. The van der Waals surface area contributed by atoms with E-state index in [-0.39, 0.29) is 17.5 Å². The van der Waals surface area contributed by atoms with Gasteiger partial charge in [-0.25, -0.2) is 8.42 Å². The van der Waals surface area contributed by atoms with Gasteiger partial charge < -0.3 is 10.1 Å². The van der Waals surface area contributed by atoms with Crippen LogP contribution in [0.15, 0.2) is 83.8 Å². The molecule has 0 unspecified atom stereocenters. The predicted molar refractivity (Wildman–Crippen MR) is 138 cm³/mol. The zero-order chi connectivity index (χ0) is 25.1. The molecule has 1 aliphatic heterocycles. The summed E-state index contributed by atoms with van der Waals surface area (Å²) in [6, 6.07) is 21.9. The Kier molecular flexibility index (Phi) is 7.38. The Morgan fingerprint density at radius 1 is 1.00 bits per heavy atom. The standard InChI is InChI=1S/C27H29ClN2O4S/c1-3-27(4-2)18-24(23-12-8-9-13-25(23)34-27)29-26(31)19-30(21-16-14-20(28)15-17-21)35(32,33)22-10-6-5-7-11-22/h5-17,24H,3-4,18-19H2,1-2H3,(H,29,31)/t24-/m0/s1. The molecule has 1 amide bonds. The molecule has 1 N–H and O–H groups in total. The van der Waals surface area contributed by atoms with Crippen LogP contribution in [0.4, 0.5) is 5.69 Å². The van der Waals surface area contributed by atoms with Gasteiger partial charge in [-0.05, 0) is 55.3 Å². The lowest BCUT2D eigenvalue weighted by molar-refractivity contribution is -0.121. The monoisotopic (exact) mass is 512 g/mol. The first-order valence-corrected chi connectivity index (χ1v) is 13.5. The summed E-state index contributed by atoms with van der Waals surface area (Å²) in [4.78, 5) is 13.5. The summed E-state index contributed by atoms with van der Waals surface area (Å²) in [5, 5.41) is 3.56. The lowest BCUT2D eigenvalue weighted by Crippen LogP contribution is -2.47. The van der Waals surface area contributed by atoms with Crippen LogP contribution in [0.3, 0.4) is 0 Å². The summed E-state index contributed by atoms with van der Waals surface area (Å²) in [5.74, 6) is 0.349. The molecule has 1 aliphatic rings. The molecule has 8 heteroatoms. The van der Waals surface area contributed by atoms with Gasteiger partial charge in [-0.2, -0.15) is 0 Å². The summed E-state index contributed by atoms with van der Waals surface area (Å²) >= 11 is 6.03. The zero-order valence-corrected chi connectivity index (χ0v) is 21.4. The number of para-hydroxylation sites is 1. The second-order valence-corrected chi connectivity index (χ2v) is 11.0. The molecule has 184 valence electrons. The highest BCUT2D eigenvalue weighted by molar-refractivity contribution is 7.92. The van der Waals surface area contributed by atoms with Crippen LogP contribution in [0.5, 0.6) is 5.75 Å². The lowest BCUT2D eigenvalue weighted by atomic mass is 9.83. The minimum Gasteiger partial charge on any atom is -0.487 e. The minimum absolute atomic E-state index is 0.107. The maximum absolute atomic E-state index is 13.5. The van der Waals surface area contributed by atoms with Gasteiger partial charge in [0, 0.05) is 17.0 Å². The average Bonchev–Trinajstić information content (AvgIpc) is 2.88. The van der Waals surface area contributed by atoms with Crippen LogP contribution < -0.4 is 14.4 Å². The number of halogens is 1. The molecule has 0 fully saturated rings. The SMILES string of the molecule is CCC1(CC)C[C@H](NC(=O)CN(c2ccc(Cl)cc2)S(=O)(=O)c2ccccc2)c2ccccc2O1. The van der Waals surface area contributed by atoms with Gasteiger partial charge >= 0.3 is 0 Å². The Morgan fingerprint density at radius 2 is 1.63 bits per heavy atom. The number of carbonyl (C=O) groups is 1. The molecule has 3 aromatic carbocycles. The summed E-state index contributed by atoms with van der Waals surface area (Å²) in [6.07, 6.45) is 2.20. The first kappa shape index (κ1) is 25.1. The Hall–Kier alpha value is -3.03. The van der Waals surface area contributed by atoms with Crippen LogP contribution in [0.2, 0.25) is 5.02 Å². The van der Waals surface area contributed by atoms with E-state index < -0.39 is 21.5 Å². The molecule has 0 aromatic heterocycles. The third-order valence-electron chi connectivity index (χ3n) is 6.55. The van der Waals surface area contributed by atoms with Crippen molar-refractivity contribution in [3.63, 3.8) is 0 Å². The fourth-order valence-corrected chi connectivity index (χ4v) is 6.01. The molecule has 0 radical (unpaired) electrons. The van der Waals surface area contributed by atoms with Gasteiger partial charge in [-0.3, -0.25) is 9.10 Å². The number of carbonyl (C=O) groups excluding carboxylic acids is 1. The summed E-state index contributed by atoms with van der Waals surface area (Å²) < 4.78 is 34.5. The fraction of sp³-hybridized carbons (Fsp3) is 0.296. The minimum atomic E-state index is -3.99. The molecular formula is C27H29ClN2O4S. The Morgan fingerprint density at radius 3 is 2.29 bits per heavy atom. The van der Waals surface area contributed by atoms with Crippen molar-refractivity contribution in [2.75, 3.05) is 10.8 Å². The summed E-state index contributed by atoms with van der Waals surface area (Å²) in [6.45, 7) is 3.78. The molecule has 0 saturated heterocycles.